The smallest absolute Gasteiger partial charge is 0.122 e. The van der Waals surface area contributed by atoms with Gasteiger partial charge in [-0.25, -0.2) is 0 Å². The van der Waals surface area contributed by atoms with Crippen molar-refractivity contribution in [2.45, 2.75) is 156 Å². The van der Waals surface area contributed by atoms with Crippen LogP contribution in [0.25, 0.3) is 44.5 Å². The maximum Gasteiger partial charge on any atom is 0.122 e. The van der Waals surface area contributed by atoms with Gasteiger partial charge in [0, 0.05) is 50.1 Å². The molecule has 0 N–H and O–H groups in total. The molecule has 4 aliphatic rings. The Morgan fingerprint density at radius 3 is 0.543 bits per heavy atom. The molecule has 0 radical (unpaired) electrons. The summed E-state index contributed by atoms with van der Waals surface area (Å²) in [7, 11) is 6.75. The summed E-state index contributed by atoms with van der Waals surface area (Å²) in [4.78, 5) is 0. The summed E-state index contributed by atoms with van der Waals surface area (Å²) >= 11 is 0. The fourth-order valence-corrected chi connectivity index (χ4v) is 20.1. The van der Waals surface area contributed by atoms with Gasteiger partial charge in [0.15, 0.2) is 0 Å². The Labute approximate surface area is 771 Å². The zero-order chi connectivity index (χ0) is 90.9. The first-order valence-electron chi connectivity index (χ1n) is 47.2. The average Bonchev–Trinajstić information content (AvgIpc) is 1.58. The third kappa shape index (κ3) is 21.4. The van der Waals surface area contributed by atoms with Gasteiger partial charge in [-0.15, -0.1) is 0 Å². The Morgan fingerprint density at radius 2 is 0.364 bits per heavy atom. The van der Waals surface area contributed by atoms with Gasteiger partial charge in [-0.1, -0.05) is 298 Å². The predicted octanol–water partition coefficient (Wildman–Crippen LogP) is 27.1. The number of rotatable bonds is 41. The van der Waals surface area contributed by atoms with Crippen LogP contribution >= 0.6 is 0 Å². The number of ether oxygens (including phenoxy) is 11. The molecule has 0 aromatic heterocycles. The highest BCUT2D eigenvalue weighted by Gasteiger charge is 2.49. The highest BCUT2D eigenvalue weighted by Crippen LogP contribution is 2.60. The van der Waals surface area contributed by atoms with Crippen LogP contribution in [0.3, 0.4) is 0 Å². The van der Waals surface area contributed by atoms with E-state index in [0.717, 1.165) is 66.2 Å². The van der Waals surface area contributed by atoms with E-state index in [0.29, 0.717) is 116 Å². The first kappa shape index (κ1) is 96.1. The average molecular weight is 1730 g/mol. The summed E-state index contributed by atoms with van der Waals surface area (Å²) in [6.45, 7) is 35.1. The van der Waals surface area contributed by atoms with E-state index >= 15 is 0 Å². The van der Waals surface area contributed by atoms with Gasteiger partial charge in [0.2, 0.25) is 0 Å². The van der Waals surface area contributed by atoms with Crippen molar-refractivity contribution >= 4 is 0 Å². The van der Waals surface area contributed by atoms with Gasteiger partial charge in [-0.2, -0.15) is 0 Å². The van der Waals surface area contributed by atoms with E-state index in [-0.39, 0.29) is 21.7 Å². The third-order valence-corrected chi connectivity index (χ3v) is 26.6. The molecule has 0 unspecified atom stereocenters. The van der Waals surface area contributed by atoms with Crippen molar-refractivity contribution in [1.82, 2.24) is 0 Å². The van der Waals surface area contributed by atoms with Crippen molar-refractivity contribution < 1.29 is 52.1 Å². The van der Waals surface area contributed by atoms with Crippen LogP contribution in [0.2, 0.25) is 0 Å². The molecule has 11 heteroatoms. The number of methoxy groups -OCH3 is 4. The second-order valence-corrected chi connectivity index (χ2v) is 36.8. The molecule has 0 saturated carbocycles. The lowest BCUT2D eigenvalue weighted by molar-refractivity contribution is 0.0179. The van der Waals surface area contributed by atoms with E-state index in [1.807, 2.05) is 0 Å². The van der Waals surface area contributed by atoms with Crippen molar-refractivity contribution in [3.05, 3.63) is 356 Å². The Morgan fingerprint density at radius 1 is 0.202 bits per heavy atom. The van der Waals surface area contributed by atoms with Crippen molar-refractivity contribution in [3.63, 3.8) is 0 Å². The molecule has 0 amide bonds. The summed E-state index contributed by atoms with van der Waals surface area (Å²) in [5, 5.41) is 0. The maximum atomic E-state index is 6.08. The summed E-state index contributed by atoms with van der Waals surface area (Å²) in [6, 6.07) is 98.5. The Balaban J connectivity index is 0.000000147. The predicted molar refractivity (Wildman–Crippen MR) is 530 cm³/mol. The topological polar surface area (TPSA) is 102 Å². The van der Waals surface area contributed by atoms with E-state index in [1.165, 1.54) is 142 Å². The lowest BCUT2D eigenvalue weighted by atomic mass is 9.68. The molecule has 11 nitrogen and oxygen atoms in total. The zero-order valence-corrected chi connectivity index (χ0v) is 79.8. The molecule has 0 heterocycles. The van der Waals surface area contributed by atoms with Crippen LogP contribution in [0.5, 0.6) is 23.0 Å². The van der Waals surface area contributed by atoms with Gasteiger partial charge >= 0.3 is 0 Å². The van der Waals surface area contributed by atoms with Crippen molar-refractivity contribution in [2.24, 2.45) is 23.7 Å². The summed E-state index contributed by atoms with van der Waals surface area (Å²) < 4.78 is 60.8. The van der Waals surface area contributed by atoms with Crippen LogP contribution in [-0.4, -0.2) is 121 Å². The number of aryl methyl sites for hydroxylation is 4. The minimum Gasteiger partial charge on any atom is -0.491 e. The van der Waals surface area contributed by atoms with Crippen molar-refractivity contribution in [3.8, 4) is 67.5 Å². The zero-order valence-electron chi connectivity index (χ0n) is 79.8. The Bertz CT molecular complexity index is 5250. The van der Waals surface area contributed by atoms with Crippen LogP contribution in [0.4, 0.5) is 0 Å². The molecule has 0 fully saturated rings. The minimum absolute atomic E-state index is 0.118. The number of benzene rings is 12. The van der Waals surface area contributed by atoms with Gasteiger partial charge in [0.25, 0.3) is 0 Å². The van der Waals surface area contributed by atoms with Crippen LogP contribution in [0, 0.1) is 51.4 Å². The lowest BCUT2D eigenvalue weighted by Gasteiger charge is -2.34. The molecule has 0 spiro atoms. The van der Waals surface area contributed by atoms with E-state index in [4.69, 9.17) is 52.1 Å². The van der Waals surface area contributed by atoms with E-state index in [1.54, 1.807) is 28.4 Å². The molecule has 0 atom stereocenters. The Hall–Kier alpha value is -10.4. The van der Waals surface area contributed by atoms with E-state index in [9.17, 15) is 0 Å². The Kier molecular flexibility index (Phi) is 34.2. The van der Waals surface area contributed by atoms with Crippen molar-refractivity contribution in [2.75, 3.05) is 121 Å². The molecular formula is C118H140O11. The summed E-state index contributed by atoms with van der Waals surface area (Å²) in [6.07, 6.45) is 9.04. The monoisotopic (exact) mass is 1730 g/mol. The minimum atomic E-state index is -0.146. The third-order valence-electron chi connectivity index (χ3n) is 26.6. The lowest BCUT2D eigenvalue weighted by Crippen LogP contribution is -2.27. The molecular weight excluding hydrogens is 1590 g/mol. The number of hydrogen-bond donors (Lipinski definition) is 0. The molecule has 0 bridgehead atoms. The van der Waals surface area contributed by atoms with Gasteiger partial charge in [-0.3, -0.25) is 0 Å². The fraction of sp³-hybridized carbons (Fsp3) is 0.390. The normalized spacial score (nSPS) is 13.8. The maximum absolute atomic E-state index is 6.08. The molecule has 4 aliphatic carbocycles. The summed E-state index contributed by atoms with van der Waals surface area (Å²) in [5.74, 6) is 6.30. The first-order chi connectivity index (χ1) is 62.8. The largest absolute Gasteiger partial charge is 0.491 e. The molecule has 0 aliphatic heterocycles. The van der Waals surface area contributed by atoms with Crippen molar-refractivity contribution in [1.29, 1.82) is 0 Å². The van der Waals surface area contributed by atoms with Gasteiger partial charge in [0.05, 0.1) is 66.1 Å². The second kappa shape index (κ2) is 45.9. The van der Waals surface area contributed by atoms with Gasteiger partial charge < -0.3 is 52.1 Å². The van der Waals surface area contributed by atoms with Crippen LogP contribution in [-0.2, 0) is 54.8 Å². The molecule has 129 heavy (non-hydrogen) atoms. The van der Waals surface area contributed by atoms with E-state index in [2.05, 4.69) is 350 Å². The van der Waals surface area contributed by atoms with Crippen LogP contribution < -0.4 is 18.9 Å². The molecule has 0 saturated heterocycles. The van der Waals surface area contributed by atoms with Crippen LogP contribution in [0.1, 0.15) is 196 Å². The van der Waals surface area contributed by atoms with Gasteiger partial charge in [-0.05, 0) is 261 Å². The van der Waals surface area contributed by atoms with E-state index < -0.39 is 0 Å². The van der Waals surface area contributed by atoms with Gasteiger partial charge in [0.1, 0.15) is 49.4 Å². The SMILES string of the molecule is COCCOCCOCCOc1ccc(C2(CCC(C)C)c3ccccc3-c3ccccc32)cc1C.COCCOCCOc1ccc(C2(CCC(C)C)c3ccccc3-c3ccccc32)cc1C.COCCOc1ccc(C2(CCC(C)C)c3ccccc3-c3ccccc32)cc1C.COCCOc1ccc(C2(CCC(C)C)c3ccccc3-c3ccccc32)cc1C. The first-order valence-corrected chi connectivity index (χ1v) is 47.2. The highest BCUT2D eigenvalue weighted by molar-refractivity contribution is 5.87. The number of hydrogen-bond acceptors (Lipinski definition) is 11. The highest BCUT2D eigenvalue weighted by atomic mass is 16.6. The molecule has 12 aromatic rings. The second-order valence-electron chi connectivity index (χ2n) is 36.8. The molecule has 16 rings (SSSR count). The molecule has 12 aromatic carbocycles. The summed E-state index contributed by atoms with van der Waals surface area (Å²) in [5.41, 5.74) is 31.9. The fourth-order valence-electron chi connectivity index (χ4n) is 20.1. The quantitative estimate of drug-likeness (QED) is 0.0342. The standard InChI is InChI=1S/C32H40O4.C30H36O3.2C28H32O2/c1-24(2)15-16-32(29-11-7-5-9-27(29)28-10-6-8-12-30(28)32)26-13-14-31(25(3)23-26)36-22-21-35-20-19-34-18-17-33-4;1-22(2)15-16-30(27-11-7-5-9-25(27)26-10-6-8-12-28(26)30)24-13-14-29(23(3)21-24)33-20-19-32-18-17-31-4;2*1-20(2)15-16-28(22-13-14-27(21(3)19-22)30-18-17-29-4)25-11-7-5-9-23(25)24-10-6-8-12-26(24)28/h5-14,23-24H,15-22H2,1-4H3;5-14,21-22H,15-20H2,1-4H3;2*5-14,19-20H,15-18H2,1-4H3. The molecule has 678 valence electrons. The van der Waals surface area contributed by atoms with Crippen LogP contribution in [0.15, 0.2) is 267 Å². The number of fused-ring (bicyclic) bond motifs is 12.